The van der Waals surface area contributed by atoms with Gasteiger partial charge >= 0.3 is 11.8 Å². The van der Waals surface area contributed by atoms with Crippen LogP contribution in [0.15, 0.2) is 34.0 Å². The number of hydrogen-bond donors (Lipinski definition) is 2. The summed E-state index contributed by atoms with van der Waals surface area (Å²) >= 11 is 0. The normalized spacial score (nSPS) is 15.3. The van der Waals surface area contributed by atoms with Gasteiger partial charge in [-0.3, -0.25) is 18.7 Å². The third-order valence-corrected chi connectivity index (χ3v) is 6.29. The van der Waals surface area contributed by atoms with Crippen LogP contribution in [0.1, 0.15) is 40.5 Å². The van der Waals surface area contributed by atoms with Crippen LogP contribution in [0.5, 0.6) is 0 Å². The van der Waals surface area contributed by atoms with E-state index in [9.17, 15) is 19.2 Å². The van der Waals surface area contributed by atoms with Gasteiger partial charge in [0, 0.05) is 32.4 Å². The maximum Gasteiger partial charge on any atom is 0.407 e. The number of aryl methyl sites for hydroxylation is 1. The first-order valence-electron chi connectivity index (χ1n) is 13.0. The lowest BCUT2D eigenvalue weighted by atomic mass is 10.1. The molecule has 2 amide bonds. The number of hydrogen-bond acceptors (Lipinski definition) is 8. The molecule has 0 bridgehead atoms. The molecule has 40 heavy (non-hydrogen) atoms. The second-order valence-corrected chi connectivity index (χ2v) is 10.5. The fraction of sp³-hybridized carbons (Fsp3) is 0.481. The number of rotatable bonds is 6. The van der Waals surface area contributed by atoms with E-state index in [4.69, 9.17) is 4.74 Å². The predicted octanol–water partition coefficient (Wildman–Crippen LogP) is 1.45. The highest BCUT2D eigenvalue weighted by Gasteiger charge is 2.29. The lowest BCUT2D eigenvalue weighted by molar-refractivity contribution is -0.116. The van der Waals surface area contributed by atoms with Gasteiger partial charge in [0.2, 0.25) is 11.9 Å². The number of amides is 2. The molecule has 1 aliphatic heterocycles. The van der Waals surface area contributed by atoms with Crippen molar-refractivity contribution in [1.82, 2.24) is 29.0 Å². The molecular weight excluding hydrogens is 516 g/mol. The summed E-state index contributed by atoms with van der Waals surface area (Å²) < 4.78 is 9.20. The quantitative estimate of drug-likeness (QED) is 0.439. The van der Waals surface area contributed by atoms with E-state index in [2.05, 4.69) is 32.4 Å². The maximum absolute atomic E-state index is 13.7. The summed E-state index contributed by atoms with van der Waals surface area (Å²) in [5, 5.41) is 5.51. The van der Waals surface area contributed by atoms with Gasteiger partial charge in [-0.2, -0.15) is 4.98 Å². The number of nitrogens with zero attached hydrogens (tertiary/aromatic N) is 6. The van der Waals surface area contributed by atoms with Crippen LogP contribution in [0.2, 0.25) is 0 Å². The lowest BCUT2D eigenvalue weighted by Gasteiger charge is -2.34. The Morgan fingerprint density at radius 1 is 1.20 bits per heavy atom. The number of carbonyl (C=O) groups is 2. The third-order valence-electron chi connectivity index (χ3n) is 6.29. The van der Waals surface area contributed by atoms with Crippen LogP contribution in [0.3, 0.4) is 0 Å². The molecule has 1 saturated heterocycles. The second kappa shape index (κ2) is 11.6. The van der Waals surface area contributed by atoms with Crippen molar-refractivity contribution < 1.29 is 14.3 Å². The van der Waals surface area contributed by atoms with Gasteiger partial charge in [-0.25, -0.2) is 19.1 Å². The summed E-state index contributed by atoms with van der Waals surface area (Å²) in [5.41, 5.74) is -1.59. The van der Waals surface area contributed by atoms with Crippen LogP contribution in [0.4, 0.5) is 16.6 Å². The van der Waals surface area contributed by atoms with Gasteiger partial charge in [-0.15, -0.1) is 5.92 Å². The summed E-state index contributed by atoms with van der Waals surface area (Å²) in [7, 11) is 1.51. The smallest absolute Gasteiger partial charge is 0.407 e. The van der Waals surface area contributed by atoms with Crippen molar-refractivity contribution >= 4 is 34.9 Å². The van der Waals surface area contributed by atoms with Crippen molar-refractivity contribution in [3.63, 3.8) is 0 Å². The molecule has 3 aromatic rings. The lowest BCUT2D eigenvalue weighted by Crippen LogP contribution is -2.49. The van der Waals surface area contributed by atoms with Crippen molar-refractivity contribution in [2.75, 3.05) is 23.3 Å². The Balaban J connectivity index is 1.69. The molecule has 1 aliphatic rings. The van der Waals surface area contributed by atoms with Crippen LogP contribution in [-0.2, 0) is 29.7 Å². The number of carbonyl (C=O) groups excluding carboxylic acids is 2. The Kier molecular flexibility index (Phi) is 8.27. The zero-order valence-electron chi connectivity index (χ0n) is 23.4. The minimum absolute atomic E-state index is 0.149. The topological polar surface area (TPSA) is 145 Å². The average Bonchev–Trinajstić information content (AvgIpc) is 3.28. The van der Waals surface area contributed by atoms with Gasteiger partial charge in [0.1, 0.15) is 18.0 Å². The Morgan fingerprint density at radius 2 is 1.98 bits per heavy atom. The molecule has 0 aromatic carbocycles. The van der Waals surface area contributed by atoms with Gasteiger partial charge in [0.05, 0.1) is 6.54 Å². The van der Waals surface area contributed by atoms with E-state index in [1.54, 1.807) is 50.5 Å². The van der Waals surface area contributed by atoms with Crippen LogP contribution >= 0.6 is 0 Å². The third kappa shape index (κ3) is 6.33. The van der Waals surface area contributed by atoms with Gasteiger partial charge in [-0.05, 0) is 52.7 Å². The molecule has 1 atom stereocenters. The van der Waals surface area contributed by atoms with Crippen molar-refractivity contribution in [2.45, 2.75) is 65.3 Å². The van der Waals surface area contributed by atoms with Crippen LogP contribution in [0.25, 0.3) is 11.2 Å². The largest absolute Gasteiger partial charge is 0.444 e. The predicted molar refractivity (Wildman–Crippen MR) is 150 cm³/mol. The fourth-order valence-corrected chi connectivity index (χ4v) is 4.56. The molecule has 0 saturated carbocycles. The average molecular weight is 551 g/mol. The number of aromatic nitrogens is 5. The summed E-state index contributed by atoms with van der Waals surface area (Å²) in [6, 6.07) is 4.82. The van der Waals surface area contributed by atoms with Crippen molar-refractivity contribution in [3.8, 4) is 11.8 Å². The van der Waals surface area contributed by atoms with E-state index in [0.29, 0.717) is 24.9 Å². The molecule has 1 fully saturated rings. The van der Waals surface area contributed by atoms with E-state index < -0.39 is 35.4 Å². The van der Waals surface area contributed by atoms with Crippen LogP contribution in [0, 0.1) is 11.8 Å². The van der Waals surface area contributed by atoms with Gasteiger partial charge < -0.3 is 20.3 Å². The van der Waals surface area contributed by atoms with E-state index in [-0.39, 0.29) is 23.8 Å². The van der Waals surface area contributed by atoms with Crippen molar-refractivity contribution in [3.05, 3.63) is 45.2 Å². The van der Waals surface area contributed by atoms with E-state index in [0.717, 1.165) is 17.4 Å². The standard InChI is InChI=1S/C27H34N8O5/c1-6-7-15-34-21-22(31-24(34)33-14-10-11-18(16-33)29-25(38)40-27(2,3)4)32(5)26(39)35(23(21)37)17-20(36)30-19-12-8-9-13-28-19/h8-9,12-13,18H,10-11,14-17H2,1-5H3,(H,29,38)(H,28,30,36)/t18-/m1/s1. The Bertz CT molecular complexity index is 1590. The molecule has 2 N–H and O–H groups in total. The molecular formula is C27H34N8O5. The molecule has 13 heteroatoms. The van der Waals surface area contributed by atoms with E-state index >= 15 is 0 Å². The number of fused-ring (bicyclic) bond motifs is 1. The molecule has 3 aromatic heterocycles. The highest BCUT2D eigenvalue weighted by Crippen LogP contribution is 2.23. The Hall–Kier alpha value is -4.60. The van der Waals surface area contributed by atoms with E-state index in [1.165, 1.54) is 17.8 Å². The van der Waals surface area contributed by atoms with Crippen LogP contribution in [-0.4, -0.2) is 60.4 Å². The number of ether oxygens (including phenoxy) is 1. The molecule has 4 heterocycles. The number of alkyl carbamates (subject to hydrolysis) is 1. The number of piperidine rings is 1. The number of imidazole rings is 1. The first-order valence-corrected chi connectivity index (χ1v) is 13.0. The number of anilines is 2. The maximum atomic E-state index is 13.7. The summed E-state index contributed by atoms with van der Waals surface area (Å²) in [6.07, 6.45) is 2.54. The zero-order valence-corrected chi connectivity index (χ0v) is 23.4. The molecule has 0 aliphatic carbocycles. The summed E-state index contributed by atoms with van der Waals surface area (Å²) in [5.74, 6) is 6.02. The minimum atomic E-state index is -0.672. The first kappa shape index (κ1) is 28.4. The van der Waals surface area contributed by atoms with Gasteiger partial charge in [0.15, 0.2) is 11.2 Å². The van der Waals surface area contributed by atoms with Gasteiger partial charge in [-0.1, -0.05) is 12.0 Å². The highest BCUT2D eigenvalue weighted by atomic mass is 16.6. The number of pyridine rings is 1. The Labute approximate surface area is 231 Å². The molecule has 212 valence electrons. The SMILES string of the molecule is CC#CCn1c(N2CCC[C@@H](NC(=O)OC(C)(C)C)C2)nc2c1c(=O)n(CC(=O)Nc1ccccn1)c(=O)n2C. The fourth-order valence-electron chi connectivity index (χ4n) is 4.56. The molecule has 0 unspecified atom stereocenters. The Morgan fingerprint density at radius 3 is 2.65 bits per heavy atom. The minimum Gasteiger partial charge on any atom is -0.444 e. The summed E-state index contributed by atoms with van der Waals surface area (Å²) in [6.45, 7) is 7.81. The second-order valence-electron chi connectivity index (χ2n) is 10.5. The van der Waals surface area contributed by atoms with Gasteiger partial charge in [0.25, 0.3) is 5.56 Å². The highest BCUT2D eigenvalue weighted by molar-refractivity contribution is 5.89. The molecule has 0 radical (unpaired) electrons. The summed E-state index contributed by atoms with van der Waals surface area (Å²) in [4.78, 5) is 62.6. The number of nitrogens with one attached hydrogen (secondary N) is 2. The first-order chi connectivity index (χ1) is 19.0. The molecule has 0 spiro atoms. The monoisotopic (exact) mass is 550 g/mol. The van der Waals surface area contributed by atoms with Crippen molar-refractivity contribution in [2.24, 2.45) is 7.05 Å². The van der Waals surface area contributed by atoms with Crippen molar-refractivity contribution in [1.29, 1.82) is 0 Å². The van der Waals surface area contributed by atoms with Crippen LogP contribution < -0.4 is 26.8 Å². The molecule has 4 rings (SSSR count). The zero-order chi connectivity index (χ0) is 29.0. The van der Waals surface area contributed by atoms with E-state index in [1.807, 2.05) is 4.90 Å². The molecule has 13 nitrogen and oxygen atoms in total.